The maximum atomic E-state index is 9.09. The Kier molecular flexibility index (Phi) is 5.47. The van der Waals surface area contributed by atoms with E-state index in [1.165, 1.54) is 11.1 Å². The smallest absolute Gasteiger partial charge is 0.142 e. The van der Waals surface area contributed by atoms with Gasteiger partial charge in [-0.25, -0.2) is 4.98 Å². The van der Waals surface area contributed by atoms with Gasteiger partial charge < -0.3 is 19.1 Å². The molecule has 0 saturated carbocycles. The normalized spacial score (nSPS) is 17.8. The fourth-order valence-electron chi connectivity index (χ4n) is 4.16. The first kappa shape index (κ1) is 18.7. The summed E-state index contributed by atoms with van der Waals surface area (Å²) in [6.07, 6.45) is 2.72. The third-order valence-corrected chi connectivity index (χ3v) is 5.62. The van der Waals surface area contributed by atoms with Gasteiger partial charge in [0, 0.05) is 20.2 Å². The SMILES string of the molecule is COCCOc1ccc2c(c1)CCOC21CCN(c2cccc(C#N)n2)CC1. The van der Waals surface area contributed by atoms with Crippen LogP contribution < -0.4 is 9.64 Å². The standard InChI is InChI=1S/C22H25N3O3/c1-26-13-14-27-19-5-6-20-17(15-19)7-12-28-22(20)8-10-25(11-9-22)21-4-2-3-18(16-23)24-21/h2-6,15H,7-14H2,1H3. The number of rotatable bonds is 5. The van der Waals surface area contributed by atoms with Crippen LogP contribution in [0.4, 0.5) is 5.82 Å². The monoisotopic (exact) mass is 379 g/mol. The minimum absolute atomic E-state index is 0.234. The van der Waals surface area contributed by atoms with Crippen molar-refractivity contribution < 1.29 is 14.2 Å². The van der Waals surface area contributed by atoms with Gasteiger partial charge in [0.2, 0.25) is 0 Å². The zero-order chi connectivity index (χ0) is 19.4. The van der Waals surface area contributed by atoms with Gasteiger partial charge in [-0.1, -0.05) is 12.1 Å². The molecule has 0 amide bonds. The van der Waals surface area contributed by atoms with Crippen molar-refractivity contribution in [2.75, 3.05) is 44.9 Å². The van der Waals surface area contributed by atoms with Crippen LogP contribution in [-0.4, -0.2) is 45.0 Å². The topological polar surface area (TPSA) is 67.6 Å². The predicted molar refractivity (Wildman–Crippen MR) is 106 cm³/mol. The van der Waals surface area contributed by atoms with Crippen molar-refractivity contribution in [1.82, 2.24) is 4.98 Å². The van der Waals surface area contributed by atoms with E-state index in [4.69, 9.17) is 19.5 Å². The first-order valence-electron chi connectivity index (χ1n) is 9.75. The number of fused-ring (bicyclic) bond motifs is 2. The first-order valence-corrected chi connectivity index (χ1v) is 9.75. The molecule has 1 fully saturated rings. The molecular formula is C22H25N3O3. The fraction of sp³-hybridized carbons (Fsp3) is 0.455. The van der Waals surface area contributed by atoms with Crippen LogP contribution in [0.5, 0.6) is 5.75 Å². The van der Waals surface area contributed by atoms with E-state index >= 15 is 0 Å². The van der Waals surface area contributed by atoms with Crippen molar-refractivity contribution in [3.8, 4) is 11.8 Å². The van der Waals surface area contributed by atoms with Crippen LogP contribution >= 0.6 is 0 Å². The summed E-state index contributed by atoms with van der Waals surface area (Å²) in [6.45, 7) is 3.58. The van der Waals surface area contributed by atoms with Gasteiger partial charge in [0.05, 0.1) is 18.8 Å². The minimum atomic E-state index is -0.234. The largest absolute Gasteiger partial charge is 0.491 e. The molecular weight excluding hydrogens is 354 g/mol. The second-order valence-electron chi connectivity index (χ2n) is 7.23. The summed E-state index contributed by atoms with van der Waals surface area (Å²) in [5, 5.41) is 9.09. The molecule has 2 aromatic rings. The van der Waals surface area contributed by atoms with Gasteiger partial charge in [-0.2, -0.15) is 5.26 Å². The third kappa shape index (κ3) is 3.68. The van der Waals surface area contributed by atoms with Crippen molar-refractivity contribution in [3.63, 3.8) is 0 Å². The van der Waals surface area contributed by atoms with Gasteiger partial charge >= 0.3 is 0 Å². The molecule has 1 saturated heterocycles. The lowest BCUT2D eigenvalue weighted by Crippen LogP contribution is -2.47. The summed E-state index contributed by atoms with van der Waals surface area (Å²) in [7, 11) is 1.68. The maximum absolute atomic E-state index is 9.09. The summed E-state index contributed by atoms with van der Waals surface area (Å²) >= 11 is 0. The van der Waals surface area contributed by atoms with Crippen LogP contribution in [0.25, 0.3) is 0 Å². The quantitative estimate of drug-likeness (QED) is 0.744. The summed E-state index contributed by atoms with van der Waals surface area (Å²) in [5.41, 5.74) is 2.83. The Balaban J connectivity index is 1.49. The molecule has 1 spiro atoms. The lowest BCUT2D eigenvalue weighted by atomic mass is 9.79. The molecule has 0 aliphatic carbocycles. The number of nitriles is 1. The van der Waals surface area contributed by atoms with Crippen LogP contribution in [0.2, 0.25) is 0 Å². The Bertz CT molecular complexity index is 870. The van der Waals surface area contributed by atoms with Crippen LogP contribution in [0.15, 0.2) is 36.4 Å². The van der Waals surface area contributed by atoms with E-state index in [2.05, 4.69) is 28.1 Å². The lowest BCUT2D eigenvalue weighted by molar-refractivity contribution is -0.0767. The van der Waals surface area contributed by atoms with E-state index in [-0.39, 0.29) is 5.60 Å². The van der Waals surface area contributed by atoms with Crippen LogP contribution in [0, 0.1) is 11.3 Å². The van der Waals surface area contributed by atoms with Crippen LogP contribution in [0.3, 0.4) is 0 Å². The van der Waals surface area contributed by atoms with Crippen molar-refractivity contribution in [3.05, 3.63) is 53.2 Å². The molecule has 0 unspecified atom stereocenters. The molecule has 0 radical (unpaired) electrons. The summed E-state index contributed by atoms with van der Waals surface area (Å²) in [6, 6.07) is 14.1. The van der Waals surface area contributed by atoms with Gasteiger partial charge in [0.1, 0.15) is 29.9 Å². The lowest BCUT2D eigenvalue weighted by Gasteiger charge is -2.45. The molecule has 0 bridgehead atoms. The number of nitrogens with zero attached hydrogens (tertiary/aromatic N) is 3. The predicted octanol–water partition coefficient (Wildman–Crippen LogP) is 3.05. The third-order valence-electron chi connectivity index (χ3n) is 5.62. The fourth-order valence-corrected chi connectivity index (χ4v) is 4.16. The number of hydrogen-bond acceptors (Lipinski definition) is 6. The second-order valence-corrected chi connectivity index (χ2v) is 7.23. The Morgan fingerprint density at radius 1 is 1.21 bits per heavy atom. The van der Waals surface area contributed by atoms with Gasteiger partial charge in [0.25, 0.3) is 0 Å². The number of methoxy groups -OCH3 is 1. The van der Waals surface area contributed by atoms with Crippen molar-refractivity contribution in [1.29, 1.82) is 5.26 Å². The van der Waals surface area contributed by atoms with Gasteiger partial charge in [-0.15, -0.1) is 0 Å². The zero-order valence-corrected chi connectivity index (χ0v) is 16.2. The molecule has 2 aliphatic heterocycles. The molecule has 0 N–H and O–H groups in total. The van der Waals surface area contributed by atoms with Crippen LogP contribution in [-0.2, 0) is 21.5 Å². The Morgan fingerprint density at radius 2 is 2.07 bits per heavy atom. The molecule has 28 heavy (non-hydrogen) atoms. The molecule has 3 heterocycles. The van der Waals surface area contributed by atoms with E-state index in [9.17, 15) is 0 Å². The molecule has 146 valence electrons. The molecule has 6 heteroatoms. The highest BCUT2D eigenvalue weighted by Crippen LogP contribution is 2.43. The summed E-state index contributed by atoms with van der Waals surface area (Å²) in [4.78, 5) is 6.68. The molecule has 4 rings (SSSR count). The van der Waals surface area contributed by atoms with E-state index in [1.54, 1.807) is 13.2 Å². The minimum Gasteiger partial charge on any atom is -0.491 e. The highest BCUT2D eigenvalue weighted by Gasteiger charge is 2.41. The number of piperidine rings is 1. The maximum Gasteiger partial charge on any atom is 0.142 e. The first-order chi connectivity index (χ1) is 13.7. The highest BCUT2D eigenvalue weighted by atomic mass is 16.5. The summed E-state index contributed by atoms with van der Waals surface area (Å²) in [5.74, 6) is 1.76. The van der Waals surface area contributed by atoms with E-state index in [0.717, 1.165) is 50.5 Å². The Labute approximate surface area is 165 Å². The van der Waals surface area contributed by atoms with Crippen LogP contribution in [0.1, 0.15) is 29.7 Å². The highest BCUT2D eigenvalue weighted by molar-refractivity contribution is 5.45. The van der Waals surface area contributed by atoms with Gasteiger partial charge in [0.15, 0.2) is 0 Å². The van der Waals surface area contributed by atoms with Crippen molar-refractivity contribution in [2.45, 2.75) is 24.9 Å². The molecule has 0 atom stereocenters. The van der Waals surface area contributed by atoms with E-state index in [1.807, 2.05) is 18.2 Å². The van der Waals surface area contributed by atoms with E-state index < -0.39 is 0 Å². The number of hydrogen-bond donors (Lipinski definition) is 0. The number of benzene rings is 1. The summed E-state index contributed by atoms with van der Waals surface area (Å²) < 4.78 is 17.2. The van der Waals surface area contributed by atoms with Gasteiger partial charge in [-0.05, 0) is 54.7 Å². The molecule has 2 aliphatic rings. The Morgan fingerprint density at radius 3 is 2.86 bits per heavy atom. The van der Waals surface area contributed by atoms with E-state index in [0.29, 0.717) is 18.9 Å². The average molecular weight is 379 g/mol. The van der Waals surface area contributed by atoms with Crippen molar-refractivity contribution >= 4 is 5.82 Å². The number of aromatic nitrogens is 1. The average Bonchev–Trinajstić information content (AvgIpc) is 2.75. The van der Waals surface area contributed by atoms with Gasteiger partial charge in [-0.3, -0.25) is 0 Å². The zero-order valence-electron chi connectivity index (χ0n) is 16.2. The van der Waals surface area contributed by atoms with Crippen molar-refractivity contribution in [2.24, 2.45) is 0 Å². The molecule has 1 aromatic heterocycles. The number of anilines is 1. The molecule has 1 aromatic carbocycles. The second kappa shape index (κ2) is 8.17. The molecule has 6 nitrogen and oxygen atoms in total. The Hall–Kier alpha value is -2.62. The number of pyridine rings is 1. The number of ether oxygens (including phenoxy) is 3.